The van der Waals surface area contributed by atoms with Gasteiger partial charge in [-0.1, -0.05) is 30.3 Å². The van der Waals surface area contributed by atoms with Crippen LogP contribution in [0.3, 0.4) is 0 Å². The highest BCUT2D eigenvalue weighted by Gasteiger charge is 2.26. The second-order valence-electron chi connectivity index (χ2n) is 8.90. The largest absolute Gasteiger partial charge is 0.369 e. The van der Waals surface area contributed by atoms with Crippen molar-refractivity contribution >= 4 is 21.4 Å². The lowest BCUT2D eigenvalue weighted by atomic mass is 10.1. The van der Waals surface area contributed by atoms with E-state index in [2.05, 4.69) is 21.3 Å². The summed E-state index contributed by atoms with van der Waals surface area (Å²) in [5.74, 6) is 0. The Morgan fingerprint density at radius 1 is 0.946 bits per heavy atom. The maximum absolute atomic E-state index is 13.8. The molecule has 0 amide bonds. The Balaban J connectivity index is 1.46. The highest BCUT2D eigenvalue weighted by molar-refractivity contribution is 7.92. The number of anilines is 2. The summed E-state index contributed by atoms with van der Waals surface area (Å²) < 4.78 is 31.0. The third-order valence-electron chi connectivity index (χ3n) is 6.49. The monoisotopic (exact) mass is 512 g/mol. The van der Waals surface area contributed by atoms with Gasteiger partial charge in [-0.15, -0.1) is 0 Å². The molecule has 1 aliphatic rings. The Kier molecular flexibility index (Phi) is 7.21. The van der Waals surface area contributed by atoms with E-state index < -0.39 is 10.0 Å². The van der Waals surface area contributed by atoms with Gasteiger partial charge in [-0.3, -0.25) is 4.31 Å². The summed E-state index contributed by atoms with van der Waals surface area (Å²) >= 11 is 0. The normalized spacial score (nSPS) is 13.8. The number of aromatic nitrogens is 2. The molecule has 1 N–H and O–H groups in total. The van der Waals surface area contributed by atoms with Crippen molar-refractivity contribution in [3.05, 3.63) is 108 Å². The zero-order valence-corrected chi connectivity index (χ0v) is 21.2. The molecule has 9 heteroatoms. The Morgan fingerprint density at radius 3 is 2.32 bits per heavy atom. The van der Waals surface area contributed by atoms with Crippen molar-refractivity contribution in [2.24, 2.45) is 0 Å². The van der Waals surface area contributed by atoms with Crippen LogP contribution in [0.5, 0.6) is 0 Å². The molecular weight excluding hydrogens is 484 g/mol. The number of nitrogens with one attached hydrogen (secondary N) is 1. The average Bonchev–Trinajstić information content (AvgIpc) is 3.39. The molecule has 0 radical (unpaired) electrons. The molecule has 0 atom stereocenters. The highest BCUT2D eigenvalue weighted by atomic mass is 32.2. The van der Waals surface area contributed by atoms with Crippen molar-refractivity contribution < 1.29 is 8.42 Å². The van der Waals surface area contributed by atoms with Crippen molar-refractivity contribution in [1.82, 2.24) is 14.9 Å². The van der Waals surface area contributed by atoms with E-state index in [1.54, 1.807) is 55.0 Å². The predicted molar refractivity (Wildman–Crippen MR) is 144 cm³/mol. The number of rotatable bonds is 8. The summed E-state index contributed by atoms with van der Waals surface area (Å²) in [5.41, 5.74) is 4.02. The van der Waals surface area contributed by atoms with Crippen LogP contribution in [0.1, 0.15) is 16.8 Å². The standard InChI is InChI=1S/C28H28N6O2S/c29-18-23-6-8-24(9-7-23)20-33-22-31-19-27(33)21-34(37(35,36)28-4-2-1-3-5-28)26-12-10-25(11-13-26)32-16-14-30-15-17-32/h1-13,19,22,30H,14-17,20-21H2. The number of piperazine rings is 1. The average molecular weight is 513 g/mol. The molecule has 8 nitrogen and oxygen atoms in total. The number of imidazole rings is 1. The van der Waals surface area contributed by atoms with E-state index in [1.807, 2.05) is 41.0 Å². The molecular formula is C28H28N6O2S. The van der Waals surface area contributed by atoms with Gasteiger partial charge in [0.2, 0.25) is 0 Å². The molecule has 0 spiro atoms. The summed E-state index contributed by atoms with van der Waals surface area (Å²) in [6, 6.07) is 25.7. The van der Waals surface area contributed by atoms with Crippen LogP contribution in [0.25, 0.3) is 0 Å². The first-order valence-corrected chi connectivity index (χ1v) is 13.6. The van der Waals surface area contributed by atoms with Crippen LogP contribution in [0.2, 0.25) is 0 Å². The molecule has 5 rings (SSSR count). The fourth-order valence-corrected chi connectivity index (χ4v) is 5.90. The lowest BCUT2D eigenvalue weighted by molar-refractivity contribution is 0.588. The topological polar surface area (TPSA) is 94.3 Å². The molecule has 1 saturated heterocycles. The SMILES string of the molecule is N#Cc1ccc(Cn2cncc2CN(c2ccc(N3CCNCC3)cc2)S(=O)(=O)c2ccccc2)cc1. The number of nitrogens with zero attached hydrogens (tertiary/aromatic N) is 5. The number of benzene rings is 3. The Labute approximate surface area is 217 Å². The van der Waals surface area contributed by atoms with E-state index >= 15 is 0 Å². The first kappa shape index (κ1) is 24.6. The van der Waals surface area contributed by atoms with Crippen molar-refractivity contribution in [2.75, 3.05) is 35.4 Å². The Morgan fingerprint density at radius 2 is 1.65 bits per heavy atom. The van der Waals surface area contributed by atoms with Crippen LogP contribution in [0.15, 0.2) is 96.3 Å². The third-order valence-corrected chi connectivity index (χ3v) is 8.28. The van der Waals surface area contributed by atoms with E-state index in [0.717, 1.165) is 43.1 Å². The summed E-state index contributed by atoms with van der Waals surface area (Å²) in [5, 5.41) is 12.4. The van der Waals surface area contributed by atoms with Gasteiger partial charge in [-0.25, -0.2) is 13.4 Å². The molecule has 3 aromatic carbocycles. The Hall–Kier alpha value is -4.13. The zero-order valence-electron chi connectivity index (χ0n) is 20.4. The van der Waals surface area contributed by atoms with E-state index in [-0.39, 0.29) is 11.4 Å². The van der Waals surface area contributed by atoms with Crippen molar-refractivity contribution in [3.63, 3.8) is 0 Å². The number of hydrogen-bond donors (Lipinski definition) is 1. The second kappa shape index (κ2) is 10.9. The van der Waals surface area contributed by atoms with Gasteiger partial charge in [0.1, 0.15) is 0 Å². The molecule has 1 aliphatic heterocycles. The summed E-state index contributed by atoms with van der Waals surface area (Å²) in [4.78, 5) is 6.84. The van der Waals surface area contributed by atoms with Crippen LogP contribution >= 0.6 is 0 Å². The third kappa shape index (κ3) is 5.50. The van der Waals surface area contributed by atoms with Gasteiger partial charge in [0.25, 0.3) is 10.0 Å². The molecule has 2 heterocycles. The van der Waals surface area contributed by atoms with Gasteiger partial charge in [0, 0.05) is 44.6 Å². The number of sulfonamides is 1. The maximum atomic E-state index is 13.8. The van der Waals surface area contributed by atoms with Gasteiger partial charge in [0.05, 0.1) is 40.8 Å². The van der Waals surface area contributed by atoms with Crippen LogP contribution in [0, 0.1) is 11.3 Å². The summed E-state index contributed by atoms with van der Waals surface area (Å²) in [6.07, 6.45) is 3.40. The lowest BCUT2D eigenvalue weighted by Crippen LogP contribution is -2.43. The minimum Gasteiger partial charge on any atom is -0.369 e. The fraction of sp³-hybridized carbons (Fsp3) is 0.214. The fourth-order valence-electron chi connectivity index (χ4n) is 4.44. The molecule has 1 fully saturated rings. The van der Waals surface area contributed by atoms with E-state index in [0.29, 0.717) is 17.8 Å². The Bertz CT molecular complexity index is 1470. The second-order valence-corrected chi connectivity index (χ2v) is 10.8. The van der Waals surface area contributed by atoms with Crippen molar-refractivity contribution in [2.45, 2.75) is 18.0 Å². The highest BCUT2D eigenvalue weighted by Crippen LogP contribution is 2.28. The van der Waals surface area contributed by atoms with Gasteiger partial charge < -0.3 is 14.8 Å². The lowest BCUT2D eigenvalue weighted by Gasteiger charge is -2.30. The van der Waals surface area contributed by atoms with Crippen LogP contribution < -0.4 is 14.5 Å². The molecule has 1 aromatic heterocycles. The van der Waals surface area contributed by atoms with Gasteiger partial charge >= 0.3 is 0 Å². The van der Waals surface area contributed by atoms with E-state index in [4.69, 9.17) is 5.26 Å². The summed E-state index contributed by atoms with van der Waals surface area (Å²) in [6.45, 7) is 4.33. The smallest absolute Gasteiger partial charge is 0.264 e. The molecule has 0 bridgehead atoms. The molecule has 0 saturated carbocycles. The quantitative estimate of drug-likeness (QED) is 0.388. The zero-order chi connectivity index (χ0) is 25.7. The summed E-state index contributed by atoms with van der Waals surface area (Å²) in [7, 11) is -3.83. The van der Waals surface area contributed by atoms with E-state index in [9.17, 15) is 8.42 Å². The molecule has 188 valence electrons. The van der Waals surface area contributed by atoms with Crippen LogP contribution in [-0.4, -0.2) is 44.1 Å². The first-order valence-electron chi connectivity index (χ1n) is 12.2. The van der Waals surface area contributed by atoms with Crippen LogP contribution in [0.4, 0.5) is 11.4 Å². The first-order chi connectivity index (χ1) is 18.0. The van der Waals surface area contributed by atoms with Crippen molar-refractivity contribution in [3.8, 4) is 6.07 Å². The van der Waals surface area contributed by atoms with Crippen molar-refractivity contribution in [1.29, 1.82) is 5.26 Å². The molecule has 37 heavy (non-hydrogen) atoms. The van der Waals surface area contributed by atoms with E-state index in [1.165, 1.54) is 4.31 Å². The maximum Gasteiger partial charge on any atom is 0.264 e. The molecule has 4 aromatic rings. The number of nitriles is 1. The van der Waals surface area contributed by atoms with Crippen LogP contribution in [-0.2, 0) is 23.1 Å². The van der Waals surface area contributed by atoms with Gasteiger partial charge in [0.15, 0.2) is 0 Å². The van der Waals surface area contributed by atoms with Gasteiger partial charge in [-0.2, -0.15) is 5.26 Å². The minimum atomic E-state index is -3.83. The molecule has 0 unspecified atom stereocenters. The number of hydrogen-bond acceptors (Lipinski definition) is 6. The molecule has 0 aliphatic carbocycles. The van der Waals surface area contributed by atoms with Gasteiger partial charge in [-0.05, 0) is 54.1 Å². The predicted octanol–water partition coefficient (Wildman–Crippen LogP) is 3.61. The minimum absolute atomic E-state index is 0.125.